The maximum absolute atomic E-state index is 10.9. The second-order valence-electron chi connectivity index (χ2n) is 5.72. The van der Waals surface area contributed by atoms with Crippen molar-refractivity contribution >= 4 is 5.69 Å². The van der Waals surface area contributed by atoms with Crippen LogP contribution in [0.3, 0.4) is 0 Å². The summed E-state index contributed by atoms with van der Waals surface area (Å²) in [7, 11) is 0. The summed E-state index contributed by atoms with van der Waals surface area (Å²) in [5.41, 5.74) is 1.05. The van der Waals surface area contributed by atoms with Gasteiger partial charge in [0, 0.05) is 11.6 Å². The Morgan fingerprint density at radius 2 is 2.05 bits per heavy atom. The molecule has 21 heavy (non-hydrogen) atoms. The van der Waals surface area contributed by atoms with E-state index >= 15 is 0 Å². The van der Waals surface area contributed by atoms with E-state index in [0.29, 0.717) is 6.42 Å². The largest absolute Gasteiger partial charge is 0.316 e. The number of nitrogens with one attached hydrogen (secondary N) is 1. The van der Waals surface area contributed by atoms with E-state index in [4.69, 9.17) is 0 Å². The Kier molecular flexibility index (Phi) is 6.14. The summed E-state index contributed by atoms with van der Waals surface area (Å²) < 4.78 is 0. The van der Waals surface area contributed by atoms with Crippen LogP contribution in [0.25, 0.3) is 0 Å². The van der Waals surface area contributed by atoms with Gasteiger partial charge in [-0.25, -0.2) is 0 Å². The summed E-state index contributed by atoms with van der Waals surface area (Å²) in [5, 5.41) is 14.4. The second kappa shape index (κ2) is 8.10. The Morgan fingerprint density at radius 3 is 2.71 bits per heavy atom. The average molecular weight is 291 g/mol. The fraction of sp³-hybridized carbons (Fsp3) is 0.625. The Balaban J connectivity index is 1.70. The van der Waals surface area contributed by atoms with Gasteiger partial charge in [-0.15, -0.1) is 0 Å². The summed E-state index contributed by atoms with van der Waals surface area (Å²) in [4.78, 5) is 13.1. The van der Waals surface area contributed by atoms with Gasteiger partial charge in [0.25, 0.3) is 5.69 Å². The van der Waals surface area contributed by atoms with Crippen molar-refractivity contribution in [2.75, 3.05) is 32.7 Å². The van der Waals surface area contributed by atoms with E-state index in [-0.39, 0.29) is 10.6 Å². The molecule has 0 amide bonds. The van der Waals surface area contributed by atoms with Gasteiger partial charge in [0.2, 0.25) is 0 Å². The van der Waals surface area contributed by atoms with Crippen molar-refractivity contribution in [1.82, 2.24) is 10.2 Å². The van der Waals surface area contributed by atoms with E-state index in [0.717, 1.165) is 31.1 Å². The summed E-state index contributed by atoms with van der Waals surface area (Å²) in [5.74, 6) is 0.749. The third-order valence-corrected chi connectivity index (χ3v) is 4.35. The van der Waals surface area contributed by atoms with Gasteiger partial charge >= 0.3 is 0 Å². The van der Waals surface area contributed by atoms with Crippen LogP contribution in [0.4, 0.5) is 5.69 Å². The highest BCUT2D eigenvalue weighted by Gasteiger charge is 2.17. The van der Waals surface area contributed by atoms with E-state index in [1.807, 2.05) is 12.1 Å². The molecule has 1 heterocycles. The van der Waals surface area contributed by atoms with Crippen molar-refractivity contribution in [2.45, 2.75) is 26.2 Å². The minimum Gasteiger partial charge on any atom is -0.316 e. The van der Waals surface area contributed by atoms with Crippen molar-refractivity contribution in [2.24, 2.45) is 5.92 Å². The first kappa shape index (κ1) is 15.9. The van der Waals surface area contributed by atoms with Crippen LogP contribution < -0.4 is 5.32 Å². The van der Waals surface area contributed by atoms with Gasteiger partial charge in [0.1, 0.15) is 0 Å². The Bertz CT molecular complexity index is 457. The lowest BCUT2D eigenvalue weighted by Gasteiger charge is -2.31. The molecule has 0 atom stereocenters. The molecule has 0 aliphatic carbocycles. The summed E-state index contributed by atoms with van der Waals surface area (Å²) in [6.45, 7) is 7.60. The van der Waals surface area contributed by atoms with Crippen LogP contribution in [-0.4, -0.2) is 42.5 Å². The molecule has 1 aromatic rings. The quantitative estimate of drug-likeness (QED) is 0.476. The molecule has 5 heteroatoms. The number of nitro groups is 1. The topological polar surface area (TPSA) is 58.4 Å². The molecular formula is C16H25N3O2. The second-order valence-corrected chi connectivity index (χ2v) is 5.72. The molecule has 5 nitrogen and oxygen atoms in total. The molecular weight excluding hydrogens is 266 g/mol. The number of hydrogen-bond donors (Lipinski definition) is 1. The van der Waals surface area contributed by atoms with Crippen LogP contribution in [0.15, 0.2) is 24.3 Å². The summed E-state index contributed by atoms with van der Waals surface area (Å²) in [6.07, 6.45) is 3.23. The van der Waals surface area contributed by atoms with Gasteiger partial charge in [0.05, 0.1) is 4.92 Å². The van der Waals surface area contributed by atoms with Crippen LogP contribution in [0, 0.1) is 16.0 Å². The monoisotopic (exact) mass is 291 g/mol. The number of benzene rings is 1. The third kappa shape index (κ3) is 4.79. The van der Waals surface area contributed by atoms with E-state index in [1.54, 1.807) is 12.1 Å². The van der Waals surface area contributed by atoms with Crippen LogP contribution >= 0.6 is 0 Å². The smallest absolute Gasteiger partial charge is 0.272 e. The third-order valence-electron chi connectivity index (χ3n) is 4.35. The molecule has 1 aliphatic rings. The molecule has 0 saturated carbocycles. The molecule has 0 aromatic heterocycles. The minimum absolute atomic E-state index is 0.232. The fourth-order valence-electron chi connectivity index (χ4n) is 2.94. The van der Waals surface area contributed by atoms with E-state index in [1.165, 1.54) is 25.9 Å². The predicted molar refractivity (Wildman–Crippen MR) is 84.5 cm³/mol. The van der Waals surface area contributed by atoms with Crippen LogP contribution in [-0.2, 0) is 6.42 Å². The van der Waals surface area contributed by atoms with Crippen molar-refractivity contribution in [1.29, 1.82) is 0 Å². The molecule has 116 valence electrons. The number of likely N-dealkylation sites (tertiary alicyclic amines) is 1. The number of para-hydroxylation sites is 1. The lowest BCUT2D eigenvalue weighted by atomic mass is 9.97. The van der Waals surface area contributed by atoms with Crippen molar-refractivity contribution < 1.29 is 4.92 Å². The highest BCUT2D eigenvalue weighted by Crippen LogP contribution is 2.18. The molecule has 0 spiro atoms. The number of nitro benzene ring substituents is 1. The van der Waals surface area contributed by atoms with Crippen LogP contribution in [0.1, 0.15) is 25.3 Å². The molecule has 1 aromatic carbocycles. The maximum Gasteiger partial charge on any atom is 0.272 e. The van der Waals surface area contributed by atoms with E-state index < -0.39 is 0 Å². The Hall–Kier alpha value is -1.46. The van der Waals surface area contributed by atoms with Gasteiger partial charge < -0.3 is 10.2 Å². The standard InChI is InChI=1S/C16H25N3O2/c1-2-18-11-8-14(9-12-18)13-17-10-7-15-5-3-4-6-16(15)19(20)21/h3-6,14,17H,2,7-13H2,1H3. The lowest BCUT2D eigenvalue weighted by Crippen LogP contribution is -2.37. The molecule has 0 bridgehead atoms. The summed E-state index contributed by atoms with van der Waals surface area (Å²) >= 11 is 0. The molecule has 0 radical (unpaired) electrons. The average Bonchev–Trinajstić information content (AvgIpc) is 2.52. The highest BCUT2D eigenvalue weighted by atomic mass is 16.6. The number of nitrogens with zero attached hydrogens (tertiary/aromatic N) is 2. The maximum atomic E-state index is 10.9. The SMILES string of the molecule is CCN1CCC(CNCCc2ccccc2[N+](=O)[O-])CC1. The zero-order chi connectivity index (χ0) is 15.1. The van der Waals surface area contributed by atoms with E-state index in [9.17, 15) is 10.1 Å². The number of rotatable bonds is 7. The lowest BCUT2D eigenvalue weighted by molar-refractivity contribution is -0.385. The normalized spacial score (nSPS) is 17.0. The molecule has 1 saturated heterocycles. The minimum atomic E-state index is -0.296. The molecule has 1 N–H and O–H groups in total. The first-order chi connectivity index (χ1) is 10.2. The van der Waals surface area contributed by atoms with Gasteiger partial charge in [-0.3, -0.25) is 10.1 Å². The Morgan fingerprint density at radius 1 is 1.33 bits per heavy atom. The number of hydrogen-bond acceptors (Lipinski definition) is 4. The van der Waals surface area contributed by atoms with Crippen molar-refractivity contribution in [3.8, 4) is 0 Å². The van der Waals surface area contributed by atoms with Gasteiger partial charge in [0.15, 0.2) is 0 Å². The zero-order valence-electron chi connectivity index (χ0n) is 12.8. The first-order valence-electron chi connectivity index (χ1n) is 7.86. The van der Waals surface area contributed by atoms with Gasteiger partial charge in [-0.2, -0.15) is 0 Å². The highest BCUT2D eigenvalue weighted by molar-refractivity contribution is 5.39. The van der Waals surface area contributed by atoms with Gasteiger partial charge in [-0.1, -0.05) is 25.1 Å². The van der Waals surface area contributed by atoms with Crippen molar-refractivity contribution in [3.63, 3.8) is 0 Å². The van der Waals surface area contributed by atoms with E-state index in [2.05, 4.69) is 17.1 Å². The van der Waals surface area contributed by atoms with Crippen molar-refractivity contribution in [3.05, 3.63) is 39.9 Å². The fourth-order valence-corrected chi connectivity index (χ4v) is 2.94. The summed E-state index contributed by atoms with van der Waals surface area (Å²) in [6, 6.07) is 7.01. The number of piperidine rings is 1. The first-order valence-corrected chi connectivity index (χ1v) is 7.86. The van der Waals surface area contributed by atoms with Crippen LogP contribution in [0.2, 0.25) is 0 Å². The molecule has 1 aliphatic heterocycles. The van der Waals surface area contributed by atoms with Gasteiger partial charge in [-0.05, 0) is 57.9 Å². The van der Waals surface area contributed by atoms with Crippen LogP contribution in [0.5, 0.6) is 0 Å². The predicted octanol–water partition coefficient (Wildman–Crippen LogP) is 2.46. The zero-order valence-corrected chi connectivity index (χ0v) is 12.8. The molecule has 0 unspecified atom stereocenters. The molecule has 1 fully saturated rings. The Labute approximate surface area is 126 Å². The molecule has 2 rings (SSSR count).